The van der Waals surface area contributed by atoms with Crippen LogP contribution in [-0.4, -0.2) is 12.2 Å². The van der Waals surface area contributed by atoms with E-state index in [2.05, 4.69) is 11.4 Å². The Morgan fingerprint density at radius 3 is 2.80 bits per heavy atom. The van der Waals surface area contributed by atoms with E-state index in [1.165, 1.54) is 6.92 Å². The molecule has 1 aliphatic rings. The molecule has 1 aromatic rings. The van der Waals surface area contributed by atoms with E-state index in [-0.39, 0.29) is 12.1 Å². The van der Waals surface area contributed by atoms with Crippen molar-refractivity contribution in [3.63, 3.8) is 0 Å². The van der Waals surface area contributed by atoms with Crippen molar-refractivity contribution in [3.8, 4) is 5.75 Å². The van der Waals surface area contributed by atoms with Crippen LogP contribution in [0.5, 0.6) is 5.75 Å². The first-order valence-electron chi connectivity index (χ1n) is 4.63. The van der Waals surface area contributed by atoms with Crippen LogP contribution in [0.3, 0.4) is 0 Å². The summed E-state index contributed by atoms with van der Waals surface area (Å²) in [4.78, 5) is 15.7. The van der Waals surface area contributed by atoms with Gasteiger partial charge in [-0.05, 0) is 17.7 Å². The Morgan fingerprint density at radius 2 is 2.27 bits per heavy atom. The predicted molar refractivity (Wildman–Crippen MR) is 53.6 cm³/mol. The Hall–Kier alpha value is -1.84. The summed E-state index contributed by atoms with van der Waals surface area (Å²) >= 11 is 0. The van der Waals surface area contributed by atoms with Crippen LogP contribution in [0.4, 0.5) is 0 Å². The average Bonchev–Trinajstić information content (AvgIpc) is 2.71. The Morgan fingerprint density at radius 1 is 1.53 bits per heavy atom. The molecule has 0 amide bonds. The maximum atomic E-state index is 10.7. The van der Waals surface area contributed by atoms with Gasteiger partial charge in [-0.25, -0.2) is 0 Å². The molecule has 77 valence electrons. The molecule has 1 atom stereocenters. The van der Waals surface area contributed by atoms with E-state index >= 15 is 0 Å². The van der Waals surface area contributed by atoms with Crippen LogP contribution in [0, 0.1) is 0 Å². The molecule has 1 aliphatic heterocycles. The van der Waals surface area contributed by atoms with E-state index in [0.717, 1.165) is 5.56 Å². The number of esters is 1. The summed E-state index contributed by atoms with van der Waals surface area (Å²) in [6.45, 7) is 1.37. The second-order valence-electron chi connectivity index (χ2n) is 3.21. The van der Waals surface area contributed by atoms with Crippen molar-refractivity contribution in [2.24, 2.45) is 5.16 Å². The normalized spacial score (nSPS) is 18.6. The number of carbonyl (C=O) groups is 1. The van der Waals surface area contributed by atoms with Gasteiger partial charge in [0.15, 0.2) is 6.10 Å². The number of rotatable bonds is 2. The second kappa shape index (κ2) is 4.13. The third-order valence-electron chi connectivity index (χ3n) is 2.03. The summed E-state index contributed by atoms with van der Waals surface area (Å²) < 4.78 is 4.91. The number of nitrogens with zero attached hydrogens (tertiary/aromatic N) is 1. The molecule has 0 saturated heterocycles. The molecule has 4 nitrogen and oxygen atoms in total. The van der Waals surface area contributed by atoms with E-state index in [1.54, 1.807) is 12.1 Å². The maximum Gasteiger partial charge on any atom is 0.308 e. The van der Waals surface area contributed by atoms with Crippen LogP contribution in [0.2, 0.25) is 0 Å². The summed E-state index contributed by atoms with van der Waals surface area (Å²) in [6.07, 6.45) is 3.34. The van der Waals surface area contributed by atoms with Crippen LogP contribution in [0.1, 0.15) is 25.0 Å². The first-order chi connectivity index (χ1) is 7.25. The highest BCUT2D eigenvalue weighted by molar-refractivity contribution is 5.69. The van der Waals surface area contributed by atoms with Gasteiger partial charge in [0.25, 0.3) is 0 Å². The first kappa shape index (κ1) is 9.71. The fourth-order valence-electron chi connectivity index (χ4n) is 1.35. The Balaban J connectivity index is 2.06. The average molecular weight is 204 g/mol. The summed E-state index contributed by atoms with van der Waals surface area (Å²) in [5.41, 5.74) is 1.000. The van der Waals surface area contributed by atoms with Crippen molar-refractivity contribution in [2.75, 3.05) is 0 Å². The second-order valence-corrected chi connectivity index (χ2v) is 3.21. The number of hydrogen-bond donors (Lipinski definition) is 0. The lowest BCUT2D eigenvalue weighted by Crippen LogP contribution is -2.02. The monoisotopic (exact) mass is 204 g/mol. The summed E-state index contributed by atoms with van der Waals surface area (Å²) in [6, 6.07) is 7.17. The zero-order chi connectivity index (χ0) is 10.7. The summed E-state index contributed by atoms with van der Waals surface area (Å²) in [5, 5.41) is 3.58. The Bertz CT molecular complexity index is 375. The van der Waals surface area contributed by atoms with E-state index < -0.39 is 0 Å². The van der Waals surface area contributed by atoms with Crippen LogP contribution < -0.4 is 4.74 Å². The van der Waals surface area contributed by atoms with Crippen LogP contribution in [0.25, 0.3) is 0 Å². The molecule has 2 rings (SSSR count). The summed E-state index contributed by atoms with van der Waals surface area (Å²) in [7, 11) is 0. The van der Waals surface area contributed by atoms with Gasteiger partial charge in [-0.1, -0.05) is 17.3 Å². The fourth-order valence-corrected chi connectivity index (χ4v) is 1.35. The molecule has 0 aromatic heterocycles. The number of hydrogen-bond acceptors (Lipinski definition) is 4. The highest BCUT2D eigenvalue weighted by Gasteiger charge is 2.16. The van der Waals surface area contributed by atoms with Gasteiger partial charge in [0.05, 0.1) is 0 Å². The van der Waals surface area contributed by atoms with Gasteiger partial charge in [-0.15, -0.1) is 0 Å². The molecule has 15 heavy (non-hydrogen) atoms. The lowest BCUT2D eigenvalue weighted by atomic mass is 10.1. The first-order valence-corrected chi connectivity index (χ1v) is 4.63. The van der Waals surface area contributed by atoms with E-state index in [9.17, 15) is 4.79 Å². The molecule has 0 N–H and O–H groups in total. The van der Waals surface area contributed by atoms with Crippen molar-refractivity contribution in [1.82, 2.24) is 0 Å². The van der Waals surface area contributed by atoms with Gasteiger partial charge >= 0.3 is 5.97 Å². The van der Waals surface area contributed by atoms with E-state index in [0.29, 0.717) is 12.2 Å². The van der Waals surface area contributed by atoms with Crippen LogP contribution in [-0.2, 0) is 9.63 Å². The topological polar surface area (TPSA) is 47.9 Å². The molecule has 1 radical (unpaired) electrons. The van der Waals surface area contributed by atoms with Crippen molar-refractivity contribution in [1.29, 1.82) is 0 Å². The van der Waals surface area contributed by atoms with Crippen molar-refractivity contribution in [3.05, 3.63) is 29.8 Å². The Labute approximate surface area is 87.5 Å². The zero-order valence-corrected chi connectivity index (χ0v) is 8.27. The lowest BCUT2D eigenvalue weighted by molar-refractivity contribution is -0.131. The van der Waals surface area contributed by atoms with Crippen LogP contribution in [0.15, 0.2) is 29.4 Å². The molecule has 1 heterocycles. The van der Waals surface area contributed by atoms with Crippen LogP contribution >= 0.6 is 0 Å². The predicted octanol–water partition coefficient (Wildman–Crippen LogP) is 1.94. The van der Waals surface area contributed by atoms with Gasteiger partial charge in [0.2, 0.25) is 0 Å². The largest absolute Gasteiger partial charge is 0.427 e. The SMILES string of the molecule is CC(=O)Oc1ccc(C2C[C]=NO2)cc1. The third-order valence-corrected chi connectivity index (χ3v) is 2.03. The molecule has 0 fully saturated rings. The number of carbonyl (C=O) groups excluding carboxylic acids is 1. The van der Waals surface area contributed by atoms with E-state index in [1.807, 2.05) is 12.1 Å². The molecule has 0 spiro atoms. The minimum atomic E-state index is -0.323. The number of benzene rings is 1. The van der Waals surface area contributed by atoms with Crippen molar-refractivity contribution < 1.29 is 14.4 Å². The maximum absolute atomic E-state index is 10.7. The van der Waals surface area contributed by atoms with Gasteiger partial charge < -0.3 is 9.57 Å². The van der Waals surface area contributed by atoms with Gasteiger partial charge in [-0.2, -0.15) is 0 Å². The third kappa shape index (κ3) is 2.34. The quantitative estimate of drug-likeness (QED) is 0.546. The van der Waals surface area contributed by atoms with Crippen molar-refractivity contribution in [2.45, 2.75) is 19.4 Å². The van der Waals surface area contributed by atoms with Crippen molar-refractivity contribution >= 4 is 12.2 Å². The lowest BCUT2D eigenvalue weighted by Gasteiger charge is -2.08. The van der Waals surface area contributed by atoms with E-state index in [4.69, 9.17) is 9.57 Å². The van der Waals surface area contributed by atoms with Gasteiger partial charge in [-0.3, -0.25) is 4.79 Å². The fraction of sp³-hybridized carbons (Fsp3) is 0.273. The minimum absolute atomic E-state index is 0.0589. The Kier molecular flexibility index (Phi) is 2.67. The smallest absolute Gasteiger partial charge is 0.308 e. The molecular formula is C11H10NO3. The standard InChI is InChI=1S/C11H10NO3/c1-8(13)14-10-4-2-9(3-5-10)11-6-7-12-15-11/h2-5,11H,6H2,1H3. The van der Waals surface area contributed by atoms with Gasteiger partial charge in [0.1, 0.15) is 12.0 Å². The molecular weight excluding hydrogens is 194 g/mol. The summed E-state index contributed by atoms with van der Waals surface area (Å²) in [5.74, 6) is 0.214. The highest BCUT2D eigenvalue weighted by atomic mass is 16.6. The molecule has 4 heteroatoms. The zero-order valence-electron chi connectivity index (χ0n) is 8.27. The molecule has 1 aromatic carbocycles. The molecule has 0 bridgehead atoms. The highest BCUT2D eigenvalue weighted by Crippen LogP contribution is 2.25. The minimum Gasteiger partial charge on any atom is -0.427 e. The molecule has 1 unspecified atom stereocenters. The molecule has 0 aliphatic carbocycles. The molecule has 0 saturated carbocycles. The van der Waals surface area contributed by atoms with Gasteiger partial charge in [0, 0.05) is 13.3 Å². The number of ether oxygens (including phenoxy) is 1.